The van der Waals surface area contributed by atoms with Crippen LogP contribution in [-0.4, -0.2) is 50.0 Å². The summed E-state index contributed by atoms with van der Waals surface area (Å²) >= 11 is 0. The number of carbonyl (C=O) groups is 1. The molecule has 1 saturated heterocycles. The van der Waals surface area contributed by atoms with E-state index in [1.165, 1.54) is 16.0 Å². The van der Waals surface area contributed by atoms with Crippen LogP contribution in [-0.2, 0) is 9.53 Å². The average Bonchev–Trinajstić information content (AvgIpc) is 2.57. The molecule has 0 amide bonds. The van der Waals surface area contributed by atoms with Crippen molar-refractivity contribution in [2.45, 2.75) is 46.6 Å². The standard InChI is InChI=1S/C20H31NO4/c1-5-24-20(23)17-6-8-21(9-7-17)12-18(22)13-25-19-11-14(2)10-15(3)16(19)4/h10-11,17-18,22H,5-9,12-13H2,1-4H3/p+1/t18-/m1/s1. The third kappa shape index (κ3) is 5.72. The van der Waals surface area contributed by atoms with Gasteiger partial charge >= 0.3 is 5.97 Å². The maximum Gasteiger partial charge on any atom is 0.309 e. The van der Waals surface area contributed by atoms with Gasteiger partial charge < -0.3 is 19.5 Å². The van der Waals surface area contributed by atoms with E-state index in [0.29, 0.717) is 19.8 Å². The van der Waals surface area contributed by atoms with Crippen molar-refractivity contribution in [1.82, 2.24) is 0 Å². The number of hydrogen-bond acceptors (Lipinski definition) is 4. The Morgan fingerprint density at radius 3 is 2.60 bits per heavy atom. The number of benzene rings is 1. The lowest BCUT2D eigenvalue weighted by Gasteiger charge is -2.29. The predicted molar refractivity (Wildman–Crippen MR) is 97.1 cm³/mol. The number of piperidine rings is 1. The molecule has 2 rings (SSSR count). The van der Waals surface area contributed by atoms with Gasteiger partial charge in [-0.1, -0.05) is 6.07 Å². The Hall–Kier alpha value is -1.59. The van der Waals surface area contributed by atoms with Gasteiger partial charge in [-0.15, -0.1) is 0 Å². The molecule has 0 bridgehead atoms. The fourth-order valence-corrected chi connectivity index (χ4v) is 3.45. The van der Waals surface area contributed by atoms with E-state index in [1.54, 1.807) is 0 Å². The van der Waals surface area contributed by atoms with E-state index >= 15 is 0 Å². The Kier molecular flexibility index (Phi) is 7.26. The molecule has 1 aromatic rings. The van der Waals surface area contributed by atoms with Crippen LogP contribution in [0.3, 0.4) is 0 Å². The summed E-state index contributed by atoms with van der Waals surface area (Å²) < 4.78 is 11.0. The molecular weight excluding hydrogens is 318 g/mol. The van der Waals surface area contributed by atoms with E-state index in [1.807, 2.05) is 26.8 Å². The molecule has 0 radical (unpaired) electrons. The Bertz CT molecular complexity index is 579. The number of carbonyl (C=O) groups excluding carboxylic acids is 1. The van der Waals surface area contributed by atoms with Crippen molar-refractivity contribution < 1.29 is 24.3 Å². The van der Waals surface area contributed by atoms with Gasteiger partial charge in [0.25, 0.3) is 0 Å². The lowest BCUT2D eigenvalue weighted by atomic mass is 9.97. The van der Waals surface area contributed by atoms with E-state index < -0.39 is 6.10 Å². The maximum atomic E-state index is 11.8. The summed E-state index contributed by atoms with van der Waals surface area (Å²) in [5.74, 6) is 0.804. The van der Waals surface area contributed by atoms with Gasteiger partial charge in [0.2, 0.25) is 0 Å². The van der Waals surface area contributed by atoms with Crippen LogP contribution in [0.15, 0.2) is 12.1 Å². The van der Waals surface area contributed by atoms with E-state index in [2.05, 4.69) is 13.0 Å². The van der Waals surface area contributed by atoms with Gasteiger partial charge in [0, 0.05) is 12.8 Å². The Labute approximate surface area is 150 Å². The lowest BCUT2D eigenvalue weighted by molar-refractivity contribution is -0.908. The highest BCUT2D eigenvalue weighted by molar-refractivity contribution is 5.72. The second-order valence-electron chi connectivity index (χ2n) is 7.15. The molecule has 25 heavy (non-hydrogen) atoms. The summed E-state index contributed by atoms with van der Waals surface area (Å²) in [5.41, 5.74) is 3.50. The van der Waals surface area contributed by atoms with Crippen LogP contribution in [0.25, 0.3) is 0 Å². The number of rotatable bonds is 7. The smallest absolute Gasteiger partial charge is 0.309 e. The molecule has 1 aliphatic heterocycles. The van der Waals surface area contributed by atoms with Crippen LogP contribution < -0.4 is 9.64 Å². The molecule has 0 aromatic heterocycles. The lowest BCUT2D eigenvalue weighted by Crippen LogP contribution is -3.14. The third-order valence-electron chi connectivity index (χ3n) is 5.03. The molecule has 1 heterocycles. The molecule has 1 aromatic carbocycles. The monoisotopic (exact) mass is 350 g/mol. The van der Waals surface area contributed by atoms with Crippen LogP contribution in [0.4, 0.5) is 0 Å². The third-order valence-corrected chi connectivity index (χ3v) is 5.03. The van der Waals surface area contributed by atoms with E-state index in [9.17, 15) is 9.90 Å². The number of aliphatic hydroxyl groups is 1. The van der Waals surface area contributed by atoms with Gasteiger partial charge in [-0.05, 0) is 50.5 Å². The van der Waals surface area contributed by atoms with Gasteiger partial charge in [-0.3, -0.25) is 4.79 Å². The number of hydrogen-bond donors (Lipinski definition) is 2. The molecule has 5 nitrogen and oxygen atoms in total. The van der Waals surface area contributed by atoms with Crippen LogP contribution >= 0.6 is 0 Å². The molecule has 0 unspecified atom stereocenters. The van der Waals surface area contributed by atoms with Crippen LogP contribution in [0, 0.1) is 26.7 Å². The Morgan fingerprint density at radius 2 is 1.96 bits per heavy atom. The Balaban J connectivity index is 1.76. The molecule has 2 N–H and O–H groups in total. The van der Waals surface area contributed by atoms with Crippen molar-refractivity contribution in [1.29, 1.82) is 0 Å². The number of nitrogens with one attached hydrogen (secondary N) is 1. The number of esters is 1. The molecule has 1 fully saturated rings. The normalized spacial score (nSPS) is 21.6. The number of quaternary nitrogens is 1. The first-order chi connectivity index (χ1) is 11.9. The average molecular weight is 350 g/mol. The van der Waals surface area contributed by atoms with E-state index in [4.69, 9.17) is 9.47 Å². The number of ether oxygens (including phenoxy) is 2. The first kappa shape index (κ1) is 19.7. The first-order valence-electron chi connectivity index (χ1n) is 9.29. The molecule has 5 heteroatoms. The van der Waals surface area contributed by atoms with Crippen LogP contribution in [0.1, 0.15) is 36.5 Å². The highest BCUT2D eigenvalue weighted by Crippen LogP contribution is 2.23. The topological polar surface area (TPSA) is 60.2 Å². The second-order valence-corrected chi connectivity index (χ2v) is 7.15. The van der Waals surface area contributed by atoms with Crippen molar-refractivity contribution in [3.63, 3.8) is 0 Å². The zero-order chi connectivity index (χ0) is 18.4. The summed E-state index contributed by atoms with van der Waals surface area (Å²) in [5, 5.41) is 10.3. The fraction of sp³-hybridized carbons (Fsp3) is 0.650. The number of aliphatic hydroxyl groups excluding tert-OH is 1. The molecule has 1 atom stereocenters. The van der Waals surface area contributed by atoms with Crippen molar-refractivity contribution >= 4 is 5.97 Å². The molecule has 0 saturated carbocycles. The van der Waals surface area contributed by atoms with Gasteiger partial charge in [0.1, 0.15) is 25.0 Å². The van der Waals surface area contributed by atoms with E-state index in [0.717, 1.165) is 37.2 Å². The summed E-state index contributed by atoms with van der Waals surface area (Å²) in [7, 11) is 0. The summed E-state index contributed by atoms with van der Waals surface area (Å²) in [4.78, 5) is 13.1. The zero-order valence-electron chi connectivity index (χ0n) is 15.9. The minimum Gasteiger partial charge on any atom is -0.490 e. The number of aryl methyl sites for hydroxylation is 2. The highest BCUT2D eigenvalue weighted by atomic mass is 16.5. The van der Waals surface area contributed by atoms with Gasteiger partial charge in [-0.2, -0.15) is 0 Å². The van der Waals surface area contributed by atoms with Crippen molar-refractivity contribution in [2.24, 2.45) is 5.92 Å². The van der Waals surface area contributed by atoms with Crippen molar-refractivity contribution in [2.75, 3.05) is 32.8 Å². The number of likely N-dealkylation sites (tertiary alicyclic amines) is 1. The SMILES string of the molecule is CCOC(=O)C1CC[NH+](C[C@@H](O)COc2cc(C)cc(C)c2C)CC1. The molecule has 1 aliphatic rings. The second kappa shape index (κ2) is 9.20. The van der Waals surface area contributed by atoms with Crippen LogP contribution in [0.2, 0.25) is 0 Å². The van der Waals surface area contributed by atoms with Crippen LogP contribution in [0.5, 0.6) is 5.75 Å². The molecule has 0 aliphatic carbocycles. The fourth-order valence-electron chi connectivity index (χ4n) is 3.45. The highest BCUT2D eigenvalue weighted by Gasteiger charge is 2.29. The molecule has 0 spiro atoms. The van der Waals surface area contributed by atoms with E-state index in [-0.39, 0.29) is 11.9 Å². The molecule has 140 valence electrons. The van der Waals surface area contributed by atoms with Gasteiger partial charge in [0.15, 0.2) is 0 Å². The minimum atomic E-state index is -0.505. The maximum absolute atomic E-state index is 11.8. The van der Waals surface area contributed by atoms with Gasteiger partial charge in [-0.25, -0.2) is 0 Å². The van der Waals surface area contributed by atoms with Gasteiger partial charge in [0.05, 0.1) is 25.6 Å². The minimum absolute atomic E-state index is 0.0232. The summed E-state index contributed by atoms with van der Waals surface area (Å²) in [6, 6.07) is 4.16. The summed E-state index contributed by atoms with van der Waals surface area (Å²) in [6.07, 6.45) is 1.16. The zero-order valence-corrected chi connectivity index (χ0v) is 15.9. The molecular formula is C20H32NO4+. The summed E-state index contributed by atoms with van der Waals surface area (Å²) in [6.45, 7) is 11.2. The van der Waals surface area contributed by atoms with Crippen molar-refractivity contribution in [3.8, 4) is 5.75 Å². The quantitative estimate of drug-likeness (QED) is 0.726. The van der Waals surface area contributed by atoms with Crippen molar-refractivity contribution in [3.05, 3.63) is 28.8 Å². The largest absolute Gasteiger partial charge is 0.490 e. The predicted octanol–water partition coefficient (Wildman–Crippen LogP) is 1.21. The first-order valence-corrected chi connectivity index (χ1v) is 9.29. The Morgan fingerprint density at radius 1 is 1.28 bits per heavy atom.